The van der Waals surface area contributed by atoms with E-state index in [1.165, 1.54) is 6.20 Å². The van der Waals surface area contributed by atoms with Crippen molar-refractivity contribution in [2.75, 3.05) is 16.7 Å². The van der Waals surface area contributed by atoms with Crippen LogP contribution in [-0.4, -0.2) is 24.6 Å². The maximum atomic E-state index is 10.7. The number of aromatic nitrogens is 2. The van der Waals surface area contributed by atoms with Gasteiger partial charge in [0.2, 0.25) is 10.0 Å². The largest absolute Gasteiger partial charge is 0.397 e. The van der Waals surface area contributed by atoms with Crippen molar-refractivity contribution in [2.24, 2.45) is 0 Å². The van der Waals surface area contributed by atoms with Gasteiger partial charge >= 0.3 is 0 Å². The molecule has 6 nitrogen and oxygen atoms in total. The zero-order valence-corrected chi connectivity index (χ0v) is 14.4. The summed E-state index contributed by atoms with van der Waals surface area (Å²) in [5.74, 6) is 0. The van der Waals surface area contributed by atoms with Crippen LogP contribution in [0.5, 0.6) is 0 Å². The van der Waals surface area contributed by atoms with Gasteiger partial charge in [0.15, 0.2) is 0 Å². The number of halogens is 2. The number of nitrogen functional groups attached to an aromatic ring is 1. The highest BCUT2D eigenvalue weighted by Gasteiger charge is 2.00. The van der Waals surface area contributed by atoms with Crippen molar-refractivity contribution in [1.29, 1.82) is 0 Å². The predicted molar refractivity (Wildman–Crippen MR) is 86.8 cm³/mol. The number of hydrogen-bond donors (Lipinski definition) is 2. The molecule has 0 fully saturated rings. The molecular formula is C11H12Br2N4O2S. The highest BCUT2D eigenvalue weighted by atomic mass is 79.9. The molecule has 0 unspecified atom stereocenters. The fourth-order valence-corrected chi connectivity index (χ4v) is 2.06. The summed E-state index contributed by atoms with van der Waals surface area (Å²) >= 11 is 6.32. The van der Waals surface area contributed by atoms with Gasteiger partial charge in [0, 0.05) is 0 Å². The first kappa shape index (κ1) is 16.9. The highest BCUT2D eigenvalue weighted by Crippen LogP contribution is 2.11. The summed E-state index contributed by atoms with van der Waals surface area (Å²) in [7, 11) is -3.20. The topological polar surface area (TPSA) is 98.0 Å². The van der Waals surface area contributed by atoms with Gasteiger partial charge < -0.3 is 5.73 Å². The Morgan fingerprint density at radius 2 is 1.60 bits per heavy atom. The van der Waals surface area contributed by atoms with Crippen molar-refractivity contribution in [2.45, 2.75) is 0 Å². The molecule has 3 N–H and O–H groups in total. The molecule has 0 aliphatic rings. The lowest BCUT2D eigenvalue weighted by Gasteiger charge is -2.01. The van der Waals surface area contributed by atoms with Gasteiger partial charge in [-0.1, -0.05) is 0 Å². The third-order valence-electron chi connectivity index (χ3n) is 1.78. The van der Waals surface area contributed by atoms with Crippen LogP contribution in [0.4, 0.5) is 11.4 Å². The van der Waals surface area contributed by atoms with Gasteiger partial charge in [0.25, 0.3) is 0 Å². The van der Waals surface area contributed by atoms with Gasteiger partial charge in [-0.3, -0.25) is 4.72 Å². The monoisotopic (exact) mass is 422 g/mol. The molecule has 20 heavy (non-hydrogen) atoms. The number of nitrogens with two attached hydrogens (primary N) is 1. The van der Waals surface area contributed by atoms with Crippen LogP contribution in [0.15, 0.2) is 45.9 Å². The summed E-state index contributed by atoms with van der Waals surface area (Å²) in [5, 5.41) is 0. The van der Waals surface area contributed by atoms with E-state index in [-0.39, 0.29) is 0 Å². The van der Waals surface area contributed by atoms with E-state index in [1.54, 1.807) is 30.5 Å². The third kappa shape index (κ3) is 7.41. The number of rotatable bonds is 2. The molecule has 2 heterocycles. The number of nitrogens with zero attached hydrogens (tertiary/aromatic N) is 2. The Morgan fingerprint density at radius 1 is 1.05 bits per heavy atom. The van der Waals surface area contributed by atoms with Crippen molar-refractivity contribution < 1.29 is 8.42 Å². The molecular weight excluding hydrogens is 412 g/mol. The molecule has 108 valence electrons. The maximum Gasteiger partial charge on any atom is 0.229 e. The van der Waals surface area contributed by atoms with E-state index in [4.69, 9.17) is 5.73 Å². The van der Waals surface area contributed by atoms with Crippen LogP contribution in [0.2, 0.25) is 0 Å². The van der Waals surface area contributed by atoms with E-state index in [1.807, 2.05) is 0 Å². The Balaban J connectivity index is 0.000000217. The van der Waals surface area contributed by atoms with E-state index >= 15 is 0 Å². The SMILES string of the molecule is CS(=O)(=O)Nc1ccc(Br)nc1.Nc1ccc(Br)nc1. The van der Waals surface area contributed by atoms with Crippen molar-refractivity contribution in [3.05, 3.63) is 45.9 Å². The minimum Gasteiger partial charge on any atom is -0.397 e. The van der Waals surface area contributed by atoms with E-state index in [2.05, 4.69) is 46.5 Å². The molecule has 9 heteroatoms. The summed E-state index contributed by atoms with van der Waals surface area (Å²) in [6.45, 7) is 0. The third-order valence-corrected chi connectivity index (χ3v) is 3.33. The average molecular weight is 424 g/mol. The summed E-state index contributed by atoms with van der Waals surface area (Å²) in [6, 6.07) is 6.87. The predicted octanol–water partition coefficient (Wildman–Crippen LogP) is 2.64. The fraction of sp³-hybridized carbons (Fsp3) is 0.0909. The minimum atomic E-state index is -3.20. The smallest absolute Gasteiger partial charge is 0.229 e. The average Bonchev–Trinajstić information content (AvgIpc) is 2.35. The molecule has 2 aromatic heterocycles. The Morgan fingerprint density at radius 3 is 1.95 bits per heavy atom. The van der Waals surface area contributed by atoms with Crippen molar-refractivity contribution in [1.82, 2.24) is 9.97 Å². The molecule has 0 bridgehead atoms. The fourth-order valence-electron chi connectivity index (χ4n) is 1.04. The summed E-state index contributed by atoms with van der Waals surface area (Å²) in [6.07, 6.45) is 4.13. The van der Waals surface area contributed by atoms with Gasteiger partial charge in [-0.15, -0.1) is 0 Å². The molecule has 2 aromatic rings. The van der Waals surface area contributed by atoms with Crippen LogP contribution in [0.1, 0.15) is 0 Å². The van der Waals surface area contributed by atoms with Gasteiger partial charge in [0.1, 0.15) is 9.21 Å². The van der Waals surface area contributed by atoms with Gasteiger partial charge in [-0.05, 0) is 56.1 Å². The number of hydrogen-bond acceptors (Lipinski definition) is 5. The quantitative estimate of drug-likeness (QED) is 0.723. The molecule has 0 aliphatic heterocycles. The molecule has 0 saturated carbocycles. The van der Waals surface area contributed by atoms with Crippen LogP contribution in [0.25, 0.3) is 0 Å². The van der Waals surface area contributed by atoms with Crippen molar-refractivity contribution in [3.63, 3.8) is 0 Å². The highest BCUT2D eigenvalue weighted by molar-refractivity contribution is 9.10. The number of anilines is 2. The molecule has 0 aromatic carbocycles. The van der Waals surface area contributed by atoms with Gasteiger partial charge in [-0.25, -0.2) is 18.4 Å². The zero-order valence-electron chi connectivity index (χ0n) is 10.4. The summed E-state index contributed by atoms with van der Waals surface area (Å²) in [5.41, 5.74) is 6.49. The van der Waals surface area contributed by atoms with E-state index in [0.717, 1.165) is 10.9 Å². The summed E-state index contributed by atoms with van der Waals surface area (Å²) < 4.78 is 25.2. The second-order valence-corrected chi connectivity index (χ2v) is 7.03. The molecule has 0 radical (unpaired) electrons. The van der Waals surface area contributed by atoms with Gasteiger partial charge in [-0.2, -0.15) is 0 Å². The Labute approximate surface area is 134 Å². The van der Waals surface area contributed by atoms with Crippen molar-refractivity contribution >= 4 is 53.3 Å². The number of pyridine rings is 2. The Kier molecular flexibility index (Phi) is 6.37. The lowest BCUT2D eigenvalue weighted by molar-refractivity contribution is 0.607. The molecule has 0 atom stereocenters. The first-order valence-electron chi connectivity index (χ1n) is 5.22. The van der Waals surface area contributed by atoms with Crippen LogP contribution >= 0.6 is 31.9 Å². The summed E-state index contributed by atoms with van der Waals surface area (Å²) in [4.78, 5) is 7.72. The normalized spacial score (nSPS) is 10.3. The van der Waals surface area contributed by atoms with Crippen LogP contribution in [0.3, 0.4) is 0 Å². The first-order valence-corrected chi connectivity index (χ1v) is 8.70. The van der Waals surface area contributed by atoms with Crippen molar-refractivity contribution in [3.8, 4) is 0 Å². The van der Waals surface area contributed by atoms with E-state index in [9.17, 15) is 8.42 Å². The lowest BCUT2D eigenvalue weighted by Crippen LogP contribution is -2.09. The lowest BCUT2D eigenvalue weighted by atomic mass is 10.4. The van der Waals surface area contributed by atoms with Crippen LogP contribution < -0.4 is 10.5 Å². The molecule has 0 aliphatic carbocycles. The first-order chi connectivity index (χ1) is 9.26. The second kappa shape index (κ2) is 7.55. The van der Waals surface area contributed by atoms with E-state index < -0.39 is 10.0 Å². The zero-order chi connectivity index (χ0) is 15.2. The molecule has 0 spiro atoms. The molecule has 0 saturated heterocycles. The Hall–Kier alpha value is -1.19. The standard InChI is InChI=1S/C6H7BrN2O2S.C5H5BrN2/c1-12(10,11)9-5-2-3-6(7)8-4-5;6-5-2-1-4(7)3-8-5/h2-4,9H,1H3;1-3H,7H2. The van der Waals surface area contributed by atoms with Gasteiger partial charge in [0.05, 0.1) is 30.0 Å². The second-order valence-electron chi connectivity index (χ2n) is 3.66. The maximum absolute atomic E-state index is 10.7. The Bertz CT molecular complexity index is 624. The molecule has 2 rings (SSSR count). The minimum absolute atomic E-state index is 0.459. The van der Waals surface area contributed by atoms with Crippen LogP contribution in [-0.2, 0) is 10.0 Å². The van der Waals surface area contributed by atoms with Crippen LogP contribution in [0, 0.1) is 0 Å². The number of nitrogens with one attached hydrogen (secondary N) is 1. The van der Waals surface area contributed by atoms with E-state index in [0.29, 0.717) is 16.0 Å². The number of sulfonamides is 1. The molecule has 0 amide bonds.